The Labute approximate surface area is 143 Å². The zero-order valence-electron chi connectivity index (χ0n) is 13.5. The summed E-state index contributed by atoms with van der Waals surface area (Å²) in [5.74, 6) is 0.836. The molecule has 0 aliphatic carbocycles. The molecule has 5 rings (SSSR count). The second kappa shape index (κ2) is 5.27. The number of pyridine rings is 1. The number of hydrogen-bond acceptors (Lipinski definition) is 4. The Bertz CT molecular complexity index is 1240. The Balaban J connectivity index is 1.87. The molecule has 0 bridgehead atoms. The monoisotopic (exact) mass is 326 g/mol. The van der Waals surface area contributed by atoms with Crippen molar-refractivity contribution in [3.8, 4) is 17.0 Å². The van der Waals surface area contributed by atoms with E-state index in [1.54, 1.807) is 19.5 Å². The topological polar surface area (TPSA) is 63.7 Å². The van der Waals surface area contributed by atoms with Gasteiger partial charge < -0.3 is 9.72 Å². The van der Waals surface area contributed by atoms with E-state index in [1.807, 2.05) is 48.7 Å². The third-order valence-electron chi connectivity index (χ3n) is 4.48. The SMILES string of the molecule is COc1ccc2[nH]c3c(-c4cccc5nccnc45)nccc3c2c1. The van der Waals surface area contributed by atoms with Crippen LogP contribution in [0, 0.1) is 0 Å². The Hall–Kier alpha value is -3.47. The predicted molar refractivity (Wildman–Crippen MR) is 98.7 cm³/mol. The summed E-state index contributed by atoms with van der Waals surface area (Å²) in [5, 5.41) is 2.23. The number of aromatic nitrogens is 4. The molecule has 5 aromatic rings. The molecule has 1 N–H and O–H groups in total. The van der Waals surface area contributed by atoms with E-state index in [9.17, 15) is 0 Å². The van der Waals surface area contributed by atoms with Crippen molar-refractivity contribution in [1.82, 2.24) is 19.9 Å². The van der Waals surface area contributed by atoms with Gasteiger partial charge in [-0.2, -0.15) is 0 Å². The highest BCUT2D eigenvalue weighted by Gasteiger charge is 2.14. The molecule has 5 nitrogen and oxygen atoms in total. The van der Waals surface area contributed by atoms with Crippen molar-refractivity contribution in [2.45, 2.75) is 0 Å². The number of benzene rings is 2. The van der Waals surface area contributed by atoms with Crippen LogP contribution in [0.25, 0.3) is 44.1 Å². The maximum atomic E-state index is 5.37. The first-order valence-corrected chi connectivity index (χ1v) is 8.00. The van der Waals surface area contributed by atoms with E-state index >= 15 is 0 Å². The molecular weight excluding hydrogens is 312 g/mol. The van der Waals surface area contributed by atoms with Gasteiger partial charge in [0, 0.05) is 40.4 Å². The van der Waals surface area contributed by atoms with Crippen LogP contribution in [0.5, 0.6) is 5.75 Å². The highest BCUT2D eigenvalue weighted by Crippen LogP contribution is 2.35. The molecule has 0 aliphatic heterocycles. The highest BCUT2D eigenvalue weighted by atomic mass is 16.5. The van der Waals surface area contributed by atoms with Gasteiger partial charge in [-0.15, -0.1) is 0 Å². The summed E-state index contributed by atoms with van der Waals surface area (Å²) in [6, 6.07) is 14.0. The Morgan fingerprint density at radius 2 is 1.80 bits per heavy atom. The minimum atomic E-state index is 0.836. The Kier molecular flexibility index (Phi) is 2.94. The number of nitrogens with one attached hydrogen (secondary N) is 1. The second-order valence-corrected chi connectivity index (χ2v) is 5.85. The van der Waals surface area contributed by atoms with Gasteiger partial charge in [0.05, 0.1) is 29.4 Å². The van der Waals surface area contributed by atoms with Gasteiger partial charge in [-0.1, -0.05) is 12.1 Å². The summed E-state index contributed by atoms with van der Waals surface area (Å²) < 4.78 is 5.37. The lowest BCUT2D eigenvalue weighted by atomic mass is 10.1. The third kappa shape index (κ3) is 2.06. The van der Waals surface area contributed by atoms with Crippen LogP contribution in [0.2, 0.25) is 0 Å². The quantitative estimate of drug-likeness (QED) is 0.524. The molecule has 0 aliphatic rings. The average molecular weight is 326 g/mol. The molecule has 0 atom stereocenters. The van der Waals surface area contributed by atoms with Crippen LogP contribution >= 0.6 is 0 Å². The van der Waals surface area contributed by atoms with Crippen LogP contribution in [-0.4, -0.2) is 27.0 Å². The van der Waals surface area contributed by atoms with Crippen molar-refractivity contribution in [1.29, 1.82) is 0 Å². The lowest BCUT2D eigenvalue weighted by molar-refractivity contribution is 0.415. The van der Waals surface area contributed by atoms with E-state index in [0.29, 0.717) is 0 Å². The molecule has 2 aromatic carbocycles. The van der Waals surface area contributed by atoms with E-state index in [-0.39, 0.29) is 0 Å². The minimum Gasteiger partial charge on any atom is -0.497 e. The molecule has 0 spiro atoms. The van der Waals surface area contributed by atoms with Crippen LogP contribution in [0.3, 0.4) is 0 Å². The van der Waals surface area contributed by atoms with Gasteiger partial charge in [-0.3, -0.25) is 15.0 Å². The molecule has 5 heteroatoms. The second-order valence-electron chi connectivity index (χ2n) is 5.85. The largest absolute Gasteiger partial charge is 0.497 e. The normalized spacial score (nSPS) is 11.4. The van der Waals surface area contributed by atoms with Crippen LogP contribution < -0.4 is 4.74 Å². The number of aromatic amines is 1. The first-order chi connectivity index (χ1) is 12.3. The zero-order chi connectivity index (χ0) is 16.8. The summed E-state index contributed by atoms with van der Waals surface area (Å²) in [6.45, 7) is 0. The van der Waals surface area contributed by atoms with E-state index < -0.39 is 0 Å². The third-order valence-corrected chi connectivity index (χ3v) is 4.48. The summed E-state index contributed by atoms with van der Waals surface area (Å²) in [6.07, 6.45) is 5.25. The molecule has 0 fully saturated rings. The molecule has 0 unspecified atom stereocenters. The van der Waals surface area contributed by atoms with E-state index in [2.05, 4.69) is 19.9 Å². The van der Waals surface area contributed by atoms with Gasteiger partial charge in [-0.25, -0.2) is 0 Å². The van der Waals surface area contributed by atoms with Crippen molar-refractivity contribution in [3.63, 3.8) is 0 Å². The number of methoxy groups -OCH3 is 1. The number of H-pyrrole nitrogens is 1. The van der Waals surface area contributed by atoms with Crippen molar-refractivity contribution in [3.05, 3.63) is 61.1 Å². The summed E-state index contributed by atoms with van der Waals surface area (Å²) in [5.41, 5.74) is 5.59. The fourth-order valence-corrected chi connectivity index (χ4v) is 3.32. The van der Waals surface area contributed by atoms with Crippen LogP contribution in [0.15, 0.2) is 61.1 Å². The fourth-order valence-electron chi connectivity index (χ4n) is 3.32. The van der Waals surface area contributed by atoms with E-state index in [0.717, 1.165) is 49.8 Å². The molecule has 120 valence electrons. The molecule has 3 heterocycles. The van der Waals surface area contributed by atoms with Crippen molar-refractivity contribution >= 4 is 32.8 Å². The minimum absolute atomic E-state index is 0.836. The van der Waals surface area contributed by atoms with Crippen LogP contribution in [0.4, 0.5) is 0 Å². The van der Waals surface area contributed by atoms with E-state index in [4.69, 9.17) is 4.74 Å². The number of ether oxygens (including phenoxy) is 1. The molecule has 0 saturated heterocycles. The molecule has 3 aromatic heterocycles. The predicted octanol–water partition coefficient (Wildman–Crippen LogP) is 4.33. The Morgan fingerprint density at radius 3 is 2.72 bits per heavy atom. The summed E-state index contributed by atoms with van der Waals surface area (Å²) in [7, 11) is 1.68. The standard InChI is InChI=1S/C20H14N4O/c1-25-12-5-6-16-15(11-12)13-7-8-22-19(20(13)24-16)14-3-2-4-17-18(14)23-10-9-21-17/h2-11,24H,1H3. The van der Waals surface area contributed by atoms with Crippen LogP contribution in [0.1, 0.15) is 0 Å². The van der Waals surface area contributed by atoms with Gasteiger partial charge in [-0.05, 0) is 30.3 Å². The fraction of sp³-hybridized carbons (Fsp3) is 0.0500. The maximum absolute atomic E-state index is 5.37. The van der Waals surface area contributed by atoms with Crippen molar-refractivity contribution in [2.24, 2.45) is 0 Å². The van der Waals surface area contributed by atoms with Crippen molar-refractivity contribution < 1.29 is 4.74 Å². The smallest absolute Gasteiger partial charge is 0.119 e. The number of para-hydroxylation sites is 1. The number of fused-ring (bicyclic) bond motifs is 4. The number of rotatable bonds is 2. The highest BCUT2D eigenvalue weighted by molar-refractivity contribution is 6.12. The molecule has 0 radical (unpaired) electrons. The van der Waals surface area contributed by atoms with Gasteiger partial charge in [0.1, 0.15) is 5.75 Å². The number of nitrogens with zero attached hydrogens (tertiary/aromatic N) is 3. The van der Waals surface area contributed by atoms with Crippen LogP contribution in [-0.2, 0) is 0 Å². The lowest BCUT2D eigenvalue weighted by Gasteiger charge is -2.05. The number of hydrogen-bond donors (Lipinski definition) is 1. The molecule has 0 amide bonds. The Morgan fingerprint density at radius 1 is 0.880 bits per heavy atom. The summed E-state index contributed by atoms with van der Waals surface area (Å²) >= 11 is 0. The maximum Gasteiger partial charge on any atom is 0.119 e. The average Bonchev–Trinajstić information content (AvgIpc) is 3.05. The molecule has 25 heavy (non-hydrogen) atoms. The first kappa shape index (κ1) is 13.9. The summed E-state index contributed by atoms with van der Waals surface area (Å²) in [4.78, 5) is 17.0. The lowest BCUT2D eigenvalue weighted by Crippen LogP contribution is -1.90. The van der Waals surface area contributed by atoms with Gasteiger partial charge in [0.25, 0.3) is 0 Å². The van der Waals surface area contributed by atoms with Gasteiger partial charge >= 0.3 is 0 Å². The van der Waals surface area contributed by atoms with Crippen molar-refractivity contribution in [2.75, 3.05) is 7.11 Å². The van der Waals surface area contributed by atoms with Gasteiger partial charge in [0.2, 0.25) is 0 Å². The van der Waals surface area contributed by atoms with E-state index in [1.165, 1.54) is 0 Å². The molecule has 0 saturated carbocycles. The molecular formula is C20H14N4O. The van der Waals surface area contributed by atoms with Gasteiger partial charge in [0.15, 0.2) is 0 Å². The first-order valence-electron chi connectivity index (χ1n) is 8.00. The zero-order valence-corrected chi connectivity index (χ0v) is 13.5.